The first-order chi connectivity index (χ1) is 11.0. The molecule has 3 rings (SSSR count). The van der Waals surface area contributed by atoms with Crippen LogP contribution in [0.15, 0.2) is 46.3 Å². The molecule has 0 bridgehead atoms. The van der Waals surface area contributed by atoms with Gasteiger partial charge >= 0.3 is 0 Å². The molecule has 1 aromatic carbocycles. The topological polar surface area (TPSA) is 29.3 Å². The SMILES string of the molecule is CC(c1cccs1)N(C)Cc1cc(-c2ccc(Cl)cc2Cl)no1. The fourth-order valence-corrected chi connectivity index (χ4v) is 3.69. The Kier molecular flexibility index (Phi) is 5.07. The summed E-state index contributed by atoms with van der Waals surface area (Å²) in [7, 11) is 2.07. The second-order valence-electron chi connectivity index (χ2n) is 5.41. The highest BCUT2D eigenvalue weighted by Crippen LogP contribution is 2.31. The van der Waals surface area contributed by atoms with Crippen LogP contribution in [0.1, 0.15) is 23.6 Å². The Balaban J connectivity index is 1.74. The van der Waals surface area contributed by atoms with E-state index in [2.05, 4.69) is 41.5 Å². The van der Waals surface area contributed by atoms with Gasteiger partial charge in [-0.1, -0.05) is 34.4 Å². The zero-order valence-electron chi connectivity index (χ0n) is 12.8. The lowest BCUT2D eigenvalue weighted by Crippen LogP contribution is -2.20. The van der Waals surface area contributed by atoms with Gasteiger partial charge in [-0.15, -0.1) is 11.3 Å². The fraction of sp³-hybridized carbons (Fsp3) is 0.235. The molecular formula is C17H16Cl2N2OS. The Morgan fingerprint density at radius 2 is 2.09 bits per heavy atom. The van der Waals surface area contributed by atoms with Crippen LogP contribution in [0.25, 0.3) is 11.3 Å². The molecule has 0 aliphatic heterocycles. The van der Waals surface area contributed by atoms with E-state index in [9.17, 15) is 0 Å². The van der Waals surface area contributed by atoms with E-state index in [1.54, 1.807) is 23.5 Å². The van der Waals surface area contributed by atoms with E-state index < -0.39 is 0 Å². The van der Waals surface area contributed by atoms with Gasteiger partial charge in [0.15, 0.2) is 5.76 Å². The highest BCUT2D eigenvalue weighted by Gasteiger charge is 2.16. The summed E-state index contributed by atoms with van der Waals surface area (Å²) in [5.74, 6) is 0.803. The predicted octanol–water partition coefficient (Wildman–Crippen LogP) is 5.90. The van der Waals surface area contributed by atoms with Gasteiger partial charge in [-0.3, -0.25) is 4.90 Å². The highest BCUT2D eigenvalue weighted by molar-refractivity contribution is 7.10. The Morgan fingerprint density at radius 1 is 1.26 bits per heavy atom. The highest BCUT2D eigenvalue weighted by atomic mass is 35.5. The minimum Gasteiger partial charge on any atom is -0.359 e. The molecule has 0 N–H and O–H groups in total. The van der Waals surface area contributed by atoms with Crippen LogP contribution in [-0.2, 0) is 6.54 Å². The van der Waals surface area contributed by atoms with Gasteiger partial charge in [-0.05, 0) is 43.6 Å². The third kappa shape index (κ3) is 3.78. The standard InChI is InChI=1S/C17H16Cl2N2OS/c1-11(17-4-3-7-23-17)21(2)10-13-9-16(20-22-13)14-6-5-12(18)8-15(14)19/h3-9,11H,10H2,1-2H3. The number of thiophene rings is 1. The van der Waals surface area contributed by atoms with Crippen LogP contribution in [0.4, 0.5) is 0 Å². The molecule has 2 heterocycles. The molecule has 23 heavy (non-hydrogen) atoms. The first-order valence-electron chi connectivity index (χ1n) is 7.19. The van der Waals surface area contributed by atoms with Gasteiger partial charge in [0.25, 0.3) is 0 Å². The lowest BCUT2D eigenvalue weighted by Gasteiger charge is -2.22. The van der Waals surface area contributed by atoms with Crippen molar-refractivity contribution in [2.24, 2.45) is 0 Å². The molecule has 1 unspecified atom stereocenters. The summed E-state index contributed by atoms with van der Waals surface area (Å²) in [6.45, 7) is 2.86. The van der Waals surface area contributed by atoms with Crippen molar-refractivity contribution >= 4 is 34.5 Å². The van der Waals surface area contributed by atoms with Crippen LogP contribution in [0, 0.1) is 0 Å². The number of benzene rings is 1. The second-order valence-corrected chi connectivity index (χ2v) is 7.23. The molecule has 0 aliphatic rings. The maximum Gasteiger partial charge on any atom is 0.151 e. The maximum absolute atomic E-state index is 6.22. The smallest absolute Gasteiger partial charge is 0.151 e. The van der Waals surface area contributed by atoms with Gasteiger partial charge in [0.05, 0.1) is 11.6 Å². The number of hydrogen-bond donors (Lipinski definition) is 0. The monoisotopic (exact) mass is 366 g/mol. The molecule has 120 valence electrons. The number of aromatic nitrogens is 1. The minimum atomic E-state index is 0.322. The fourth-order valence-electron chi connectivity index (χ4n) is 2.34. The molecule has 1 atom stereocenters. The number of halogens is 2. The summed E-state index contributed by atoms with van der Waals surface area (Å²) in [6, 6.07) is 11.8. The van der Waals surface area contributed by atoms with Gasteiger partial charge in [-0.2, -0.15) is 0 Å². The molecule has 3 nitrogen and oxygen atoms in total. The van der Waals surface area contributed by atoms with Crippen molar-refractivity contribution < 1.29 is 4.52 Å². The Bertz CT molecular complexity index is 786. The molecular weight excluding hydrogens is 351 g/mol. The van der Waals surface area contributed by atoms with E-state index in [0.717, 1.165) is 17.0 Å². The first kappa shape index (κ1) is 16.5. The molecule has 6 heteroatoms. The lowest BCUT2D eigenvalue weighted by atomic mass is 10.1. The van der Waals surface area contributed by atoms with Crippen molar-refractivity contribution in [3.8, 4) is 11.3 Å². The Morgan fingerprint density at radius 3 is 2.78 bits per heavy atom. The third-order valence-electron chi connectivity index (χ3n) is 3.79. The molecule has 0 fully saturated rings. The summed E-state index contributed by atoms with van der Waals surface area (Å²) in [6.07, 6.45) is 0. The predicted molar refractivity (Wildman–Crippen MR) is 96.2 cm³/mol. The first-order valence-corrected chi connectivity index (χ1v) is 8.83. The summed E-state index contributed by atoms with van der Waals surface area (Å²) in [4.78, 5) is 3.55. The number of rotatable bonds is 5. The Hall–Kier alpha value is -1.33. The zero-order valence-corrected chi connectivity index (χ0v) is 15.1. The van der Waals surface area contributed by atoms with Crippen LogP contribution in [0.5, 0.6) is 0 Å². The summed E-state index contributed by atoms with van der Waals surface area (Å²) < 4.78 is 5.46. The third-order valence-corrected chi connectivity index (χ3v) is 5.38. The van der Waals surface area contributed by atoms with E-state index in [0.29, 0.717) is 22.6 Å². The van der Waals surface area contributed by atoms with Crippen molar-refractivity contribution in [2.45, 2.75) is 19.5 Å². The minimum absolute atomic E-state index is 0.322. The van der Waals surface area contributed by atoms with Crippen LogP contribution in [0.3, 0.4) is 0 Å². The molecule has 0 radical (unpaired) electrons. The normalized spacial score (nSPS) is 12.7. The van der Waals surface area contributed by atoms with E-state index in [-0.39, 0.29) is 0 Å². The molecule has 0 spiro atoms. The van der Waals surface area contributed by atoms with Crippen LogP contribution >= 0.6 is 34.5 Å². The molecule has 0 aliphatic carbocycles. The molecule has 2 aromatic heterocycles. The molecule has 0 amide bonds. The van der Waals surface area contributed by atoms with Gasteiger partial charge in [0.1, 0.15) is 5.69 Å². The van der Waals surface area contributed by atoms with E-state index >= 15 is 0 Å². The second kappa shape index (κ2) is 7.05. The van der Waals surface area contributed by atoms with E-state index in [1.165, 1.54) is 4.88 Å². The van der Waals surface area contributed by atoms with Crippen molar-refractivity contribution in [2.75, 3.05) is 7.05 Å². The summed E-state index contributed by atoms with van der Waals surface area (Å²) >= 11 is 13.9. The Labute approximate surface area is 149 Å². The van der Waals surface area contributed by atoms with Gasteiger partial charge < -0.3 is 4.52 Å². The molecule has 0 saturated carbocycles. The van der Waals surface area contributed by atoms with Crippen LogP contribution in [0.2, 0.25) is 10.0 Å². The quantitative estimate of drug-likeness (QED) is 0.562. The van der Waals surface area contributed by atoms with Crippen LogP contribution < -0.4 is 0 Å². The van der Waals surface area contributed by atoms with Gasteiger partial charge in [0, 0.05) is 27.6 Å². The van der Waals surface area contributed by atoms with Crippen molar-refractivity contribution in [1.82, 2.24) is 10.1 Å². The average Bonchev–Trinajstić information content (AvgIpc) is 3.18. The van der Waals surface area contributed by atoms with Crippen molar-refractivity contribution in [3.05, 3.63) is 62.5 Å². The van der Waals surface area contributed by atoms with Crippen molar-refractivity contribution in [1.29, 1.82) is 0 Å². The number of hydrogen-bond acceptors (Lipinski definition) is 4. The maximum atomic E-state index is 6.22. The molecule has 0 saturated heterocycles. The average molecular weight is 367 g/mol. The van der Waals surface area contributed by atoms with E-state index in [1.807, 2.05) is 12.1 Å². The van der Waals surface area contributed by atoms with Gasteiger partial charge in [0.2, 0.25) is 0 Å². The summed E-state index contributed by atoms with van der Waals surface area (Å²) in [5.41, 5.74) is 1.54. The molecule has 3 aromatic rings. The van der Waals surface area contributed by atoms with Gasteiger partial charge in [-0.25, -0.2) is 0 Å². The lowest BCUT2D eigenvalue weighted by molar-refractivity contribution is 0.223. The zero-order chi connectivity index (χ0) is 16.4. The van der Waals surface area contributed by atoms with Crippen molar-refractivity contribution in [3.63, 3.8) is 0 Å². The van der Waals surface area contributed by atoms with Crippen LogP contribution in [-0.4, -0.2) is 17.1 Å². The van der Waals surface area contributed by atoms with E-state index in [4.69, 9.17) is 27.7 Å². The summed E-state index contributed by atoms with van der Waals surface area (Å²) in [5, 5.41) is 7.39. The number of nitrogens with zero attached hydrogens (tertiary/aromatic N) is 2. The largest absolute Gasteiger partial charge is 0.359 e.